The fourth-order valence-electron chi connectivity index (χ4n) is 4.89. The molecule has 0 unspecified atom stereocenters. The van der Waals surface area contributed by atoms with E-state index < -0.39 is 17.9 Å². The predicted octanol–water partition coefficient (Wildman–Crippen LogP) is 2.82. The van der Waals surface area contributed by atoms with Gasteiger partial charge in [0, 0.05) is 18.8 Å². The Morgan fingerprint density at radius 2 is 1.61 bits per heavy atom. The number of hydrogen-bond donors (Lipinski definition) is 0. The first-order valence-electron chi connectivity index (χ1n) is 9.46. The monoisotopic (exact) mass is 372 g/mol. The van der Waals surface area contributed by atoms with Crippen molar-refractivity contribution in [3.63, 3.8) is 0 Å². The first kappa shape index (κ1) is 16.9. The summed E-state index contributed by atoms with van der Waals surface area (Å²) >= 11 is 0. The van der Waals surface area contributed by atoms with Crippen LogP contribution in [-0.2, 0) is 9.59 Å². The molecule has 3 aliphatic heterocycles. The van der Waals surface area contributed by atoms with Crippen LogP contribution in [0.15, 0.2) is 54.7 Å². The van der Waals surface area contributed by atoms with Crippen LogP contribution in [0.5, 0.6) is 0 Å². The van der Waals surface area contributed by atoms with Gasteiger partial charge in [-0.25, -0.2) is 0 Å². The summed E-state index contributed by atoms with van der Waals surface area (Å²) in [4.78, 5) is 42.5. The number of carbonyl (C=O) groups excluding carboxylic acids is 3. The molecule has 0 saturated carbocycles. The van der Waals surface area contributed by atoms with Crippen molar-refractivity contribution in [2.75, 3.05) is 7.05 Å². The molecule has 5 nitrogen and oxygen atoms in total. The number of benzene rings is 2. The Bertz CT molecular complexity index is 1040. The van der Waals surface area contributed by atoms with Crippen molar-refractivity contribution in [2.45, 2.75) is 19.0 Å². The SMILES string of the molecule is Cc1ccc(C(=O)[C@@H]2[C@@H]3C(=O)N(C)C(=O)[C@@H]3[C@@H]3c4ccccc4C=CN23)cc1. The number of hydrogen-bond acceptors (Lipinski definition) is 4. The van der Waals surface area contributed by atoms with Gasteiger partial charge < -0.3 is 4.90 Å². The Balaban J connectivity index is 1.65. The third-order valence-electron chi connectivity index (χ3n) is 6.29. The Hall–Kier alpha value is -3.21. The van der Waals surface area contributed by atoms with Gasteiger partial charge in [-0.05, 0) is 24.1 Å². The van der Waals surface area contributed by atoms with E-state index in [9.17, 15) is 14.4 Å². The van der Waals surface area contributed by atoms with Gasteiger partial charge in [-0.15, -0.1) is 0 Å². The minimum absolute atomic E-state index is 0.113. The highest BCUT2D eigenvalue weighted by Crippen LogP contribution is 2.52. The van der Waals surface area contributed by atoms with E-state index in [1.165, 1.54) is 11.9 Å². The summed E-state index contributed by atoms with van der Waals surface area (Å²) in [6, 6.07) is 14.3. The van der Waals surface area contributed by atoms with Crippen LogP contribution in [0.1, 0.15) is 33.1 Å². The van der Waals surface area contributed by atoms with Gasteiger partial charge in [0.15, 0.2) is 5.78 Å². The molecule has 140 valence electrons. The third-order valence-corrected chi connectivity index (χ3v) is 6.29. The standard InChI is InChI=1S/C23H20N2O3/c1-13-7-9-15(10-8-13)21(26)20-18-17(22(27)24(2)23(18)28)19-16-6-4-3-5-14(16)11-12-25(19)20/h3-12,17-20H,1-2H3/t17-,18+,19-,20-/m0/s1. The lowest BCUT2D eigenvalue weighted by Gasteiger charge is -2.35. The van der Waals surface area contributed by atoms with Crippen LogP contribution >= 0.6 is 0 Å². The molecule has 5 heteroatoms. The van der Waals surface area contributed by atoms with Gasteiger partial charge in [-0.1, -0.05) is 54.1 Å². The molecular weight excluding hydrogens is 352 g/mol. The molecule has 3 heterocycles. The van der Waals surface area contributed by atoms with Crippen molar-refractivity contribution in [1.29, 1.82) is 0 Å². The molecule has 0 aliphatic carbocycles. The molecule has 2 aromatic rings. The lowest BCUT2D eigenvalue weighted by molar-refractivity contribution is -0.139. The quantitative estimate of drug-likeness (QED) is 0.601. The zero-order valence-corrected chi connectivity index (χ0v) is 15.7. The number of nitrogens with zero attached hydrogens (tertiary/aromatic N) is 2. The molecule has 3 aliphatic rings. The zero-order valence-electron chi connectivity index (χ0n) is 15.7. The third kappa shape index (κ3) is 2.16. The van der Waals surface area contributed by atoms with Crippen molar-refractivity contribution in [3.8, 4) is 0 Å². The lowest BCUT2D eigenvalue weighted by atomic mass is 9.83. The van der Waals surface area contributed by atoms with Crippen LogP contribution in [-0.4, -0.2) is 40.5 Å². The van der Waals surface area contributed by atoms with E-state index in [0.717, 1.165) is 16.7 Å². The Morgan fingerprint density at radius 3 is 2.36 bits per heavy atom. The van der Waals surface area contributed by atoms with Crippen LogP contribution < -0.4 is 0 Å². The highest BCUT2D eigenvalue weighted by Gasteiger charge is 2.63. The normalized spacial score (nSPS) is 27.6. The lowest BCUT2D eigenvalue weighted by Crippen LogP contribution is -2.43. The van der Waals surface area contributed by atoms with E-state index in [2.05, 4.69) is 0 Å². The molecule has 0 N–H and O–H groups in total. The maximum Gasteiger partial charge on any atom is 0.235 e. The fourth-order valence-corrected chi connectivity index (χ4v) is 4.89. The van der Waals surface area contributed by atoms with E-state index >= 15 is 0 Å². The molecule has 2 amide bonds. The van der Waals surface area contributed by atoms with Gasteiger partial charge in [-0.2, -0.15) is 0 Å². The largest absolute Gasteiger partial charge is 0.358 e. The smallest absolute Gasteiger partial charge is 0.235 e. The van der Waals surface area contributed by atoms with E-state index in [4.69, 9.17) is 0 Å². The summed E-state index contributed by atoms with van der Waals surface area (Å²) in [6.07, 6.45) is 3.84. The average Bonchev–Trinajstić information content (AvgIpc) is 3.17. The number of amides is 2. The van der Waals surface area contributed by atoms with Crippen molar-refractivity contribution >= 4 is 23.7 Å². The number of aryl methyl sites for hydroxylation is 1. The molecule has 5 rings (SSSR count). The Labute approximate surface area is 163 Å². The molecule has 2 aromatic carbocycles. The molecule has 0 spiro atoms. The van der Waals surface area contributed by atoms with E-state index in [1.54, 1.807) is 12.1 Å². The van der Waals surface area contributed by atoms with Gasteiger partial charge in [0.2, 0.25) is 11.8 Å². The van der Waals surface area contributed by atoms with Crippen LogP contribution in [0.4, 0.5) is 0 Å². The molecule has 0 bridgehead atoms. The topological polar surface area (TPSA) is 57.7 Å². The molecule has 0 aromatic heterocycles. The number of ketones is 1. The number of Topliss-reactive ketones (excluding diaryl/α,β-unsaturated/α-hetero) is 1. The molecule has 4 atom stereocenters. The summed E-state index contributed by atoms with van der Waals surface area (Å²) in [7, 11) is 1.52. The second-order valence-electron chi connectivity index (χ2n) is 7.80. The Morgan fingerprint density at radius 1 is 0.929 bits per heavy atom. The fraction of sp³-hybridized carbons (Fsp3) is 0.261. The predicted molar refractivity (Wildman–Crippen MR) is 104 cm³/mol. The van der Waals surface area contributed by atoms with Crippen molar-refractivity contribution in [1.82, 2.24) is 9.80 Å². The summed E-state index contributed by atoms with van der Waals surface area (Å²) in [5.41, 5.74) is 3.66. The van der Waals surface area contributed by atoms with E-state index in [0.29, 0.717) is 5.56 Å². The Kier molecular flexibility index (Phi) is 3.56. The first-order valence-corrected chi connectivity index (χ1v) is 9.46. The summed E-state index contributed by atoms with van der Waals surface area (Å²) < 4.78 is 0. The van der Waals surface area contributed by atoms with Crippen LogP contribution in [0.3, 0.4) is 0 Å². The number of likely N-dealkylation sites (tertiary alicyclic amines) is 1. The minimum Gasteiger partial charge on any atom is -0.358 e. The van der Waals surface area contributed by atoms with Gasteiger partial charge in [0.05, 0.1) is 17.9 Å². The van der Waals surface area contributed by atoms with E-state index in [1.807, 2.05) is 60.5 Å². The number of carbonyl (C=O) groups is 3. The first-order chi connectivity index (χ1) is 13.5. The molecule has 28 heavy (non-hydrogen) atoms. The van der Waals surface area contributed by atoms with Crippen molar-refractivity contribution in [2.24, 2.45) is 11.8 Å². The van der Waals surface area contributed by atoms with Gasteiger partial charge in [0.25, 0.3) is 0 Å². The number of fused-ring (bicyclic) bond motifs is 5. The van der Waals surface area contributed by atoms with Crippen LogP contribution in [0.25, 0.3) is 6.08 Å². The number of imide groups is 1. The maximum atomic E-state index is 13.5. The molecule has 2 fully saturated rings. The highest BCUT2D eigenvalue weighted by molar-refractivity contribution is 6.11. The minimum atomic E-state index is -0.677. The maximum absolute atomic E-state index is 13.5. The van der Waals surface area contributed by atoms with Crippen LogP contribution in [0.2, 0.25) is 0 Å². The summed E-state index contributed by atoms with van der Waals surface area (Å²) in [5.74, 6) is -1.77. The van der Waals surface area contributed by atoms with Crippen LogP contribution in [0, 0.1) is 18.8 Å². The van der Waals surface area contributed by atoms with Gasteiger partial charge >= 0.3 is 0 Å². The summed E-state index contributed by atoms with van der Waals surface area (Å²) in [5, 5.41) is 0. The highest BCUT2D eigenvalue weighted by atomic mass is 16.2. The van der Waals surface area contributed by atoms with Gasteiger partial charge in [-0.3, -0.25) is 19.3 Å². The second-order valence-corrected chi connectivity index (χ2v) is 7.80. The van der Waals surface area contributed by atoms with Crippen molar-refractivity contribution < 1.29 is 14.4 Å². The van der Waals surface area contributed by atoms with E-state index in [-0.39, 0.29) is 23.6 Å². The summed E-state index contributed by atoms with van der Waals surface area (Å²) in [6.45, 7) is 1.97. The molecule has 0 radical (unpaired) electrons. The molecule has 2 saturated heterocycles. The van der Waals surface area contributed by atoms with Crippen molar-refractivity contribution in [3.05, 3.63) is 77.0 Å². The number of rotatable bonds is 2. The average molecular weight is 372 g/mol. The zero-order chi connectivity index (χ0) is 19.6. The second kappa shape index (κ2) is 5.89. The van der Waals surface area contributed by atoms with Gasteiger partial charge in [0.1, 0.15) is 6.04 Å². The molecular formula is C23H20N2O3.